The Morgan fingerprint density at radius 1 is 1.65 bits per heavy atom. The smallest absolute Gasteiger partial charge is 0.185 e. The molecular weight excluding hydrogens is 234 g/mol. The summed E-state index contributed by atoms with van der Waals surface area (Å²) in [6.45, 7) is 8.97. The highest BCUT2D eigenvalue weighted by Crippen LogP contribution is 2.22. The van der Waals surface area contributed by atoms with Gasteiger partial charge in [-0.2, -0.15) is 0 Å². The maximum absolute atomic E-state index is 5.65. The van der Waals surface area contributed by atoms with Crippen LogP contribution in [0.25, 0.3) is 0 Å². The first-order valence-corrected chi connectivity index (χ1v) is 7.19. The van der Waals surface area contributed by atoms with Gasteiger partial charge in [0, 0.05) is 31.6 Å². The summed E-state index contributed by atoms with van der Waals surface area (Å²) in [5.74, 6) is 0. The van der Waals surface area contributed by atoms with E-state index in [1.54, 1.807) is 11.3 Å². The van der Waals surface area contributed by atoms with Crippen molar-refractivity contribution in [2.24, 2.45) is 0 Å². The van der Waals surface area contributed by atoms with Gasteiger partial charge in [-0.3, -0.25) is 0 Å². The van der Waals surface area contributed by atoms with Gasteiger partial charge in [-0.1, -0.05) is 6.92 Å². The summed E-state index contributed by atoms with van der Waals surface area (Å²) in [6.07, 6.45) is 1.39. The van der Waals surface area contributed by atoms with Crippen molar-refractivity contribution in [3.05, 3.63) is 11.1 Å². The number of anilines is 1. The number of thiazole rings is 1. The molecule has 0 amide bonds. The molecule has 1 N–H and O–H groups in total. The Labute approximate surface area is 107 Å². The van der Waals surface area contributed by atoms with Crippen molar-refractivity contribution < 1.29 is 4.74 Å². The number of aromatic nitrogens is 1. The third-order valence-electron chi connectivity index (χ3n) is 2.82. The monoisotopic (exact) mass is 255 g/mol. The van der Waals surface area contributed by atoms with E-state index in [9.17, 15) is 0 Å². The fourth-order valence-corrected chi connectivity index (χ4v) is 2.81. The molecule has 0 saturated carbocycles. The van der Waals surface area contributed by atoms with Crippen LogP contribution in [0.5, 0.6) is 0 Å². The summed E-state index contributed by atoms with van der Waals surface area (Å²) in [7, 11) is 0. The Kier molecular flexibility index (Phi) is 4.76. The van der Waals surface area contributed by atoms with Crippen molar-refractivity contribution >= 4 is 16.5 Å². The predicted octanol–water partition coefficient (Wildman–Crippen LogP) is 1.87. The molecule has 5 heteroatoms. The first-order chi connectivity index (χ1) is 8.29. The Bertz CT molecular complexity index is 342. The number of hydrogen-bond acceptors (Lipinski definition) is 5. The van der Waals surface area contributed by atoms with Crippen molar-refractivity contribution in [3.8, 4) is 0 Å². The second-order valence-corrected chi connectivity index (χ2v) is 5.22. The van der Waals surface area contributed by atoms with Crippen molar-refractivity contribution in [2.75, 3.05) is 31.1 Å². The summed E-state index contributed by atoms with van der Waals surface area (Å²) < 4.78 is 5.65. The van der Waals surface area contributed by atoms with Gasteiger partial charge >= 0.3 is 0 Å². The first-order valence-electron chi connectivity index (χ1n) is 6.31. The fraction of sp³-hybridized carbons (Fsp3) is 0.750. The van der Waals surface area contributed by atoms with Gasteiger partial charge in [0.05, 0.1) is 11.8 Å². The molecule has 0 radical (unpaired) electrons. The molecule has 2 heterocycles. The van der Waals surface area contributed by atoms with Crippen LogP contribution in [-0.2, 0) is 11.3 Å². The normalized spacial score (nSPS) is 21.5. The lowest BCUT2D eigenvalue weighted by atomic mass is 10.4. The average Bonchev–Trinajstić information content (AvgIpc) is 2.69. The van der Waals surface area contributed by atoms with E-state index in [1.165, 1.54) is 0 Å². The molecular formula is C12H21N3OS. The third-order valence-corrected chi connectivity index (χ3v) is 3.77. The SMILES string of the molecule is CCNCc1csc(N2CCCOC(C)C2)n1. The number of nitrogens with one attached hydrogen (secondary N) is 1. The zero-order valence-electron chi connectivity index (χ0n) is 10.6. The highest BCUT2D eigenvalue weighted by molar-refractivity contribution is 7.13. The summed E-state index contributed by atoms with van der Waals surface area (Å²) in [5, 5.41) is 6.58. The first kappa shape index (κ1) is 12.8. The number of nitrogens with zero attached hydrogens (tertiary/aromatic N) is 2. The van der Waals surface area contributed by atoms with Crippen LogP contribution in [0.15, 0.2) is 5.38 Å². The molecule has 1 aromatic rings. The summed E-state index contributed by atoms with van der Waals surface area (Å²) in [6, 6.07) is 0. The van der Waals surface area contributed by atoms with Crippen molar-refractivity contribution in [2.45, 2.75) is 32.9 Å². The maximum atomic E-state index is 5.65. The minimum atomic E-state index is 0.304. The molecule has 0 spiro atoms. The van der Waals surface area contributed by atoms with Gasteiger partial charge in [0.15, 0.2) is 5.13 Å². The lowest BCUT2D eigenvalue weighted by molar-refractivity contribution is 0.0821. The molecule has 1 aliphatic heterocycles. The van der Waals surface area contributed by atoms with Gasteiger partial charge < -0.3 is 15.0 Å². The molecule has 0 bridgehead atoms. The van der Waals surface area contributed by atoms with E-state index in [1.807, 2.05) is 0 Å². The lowest BCUT2D eigenvalue weighted by Gasteiger charge is -2.20. The Hall–Kier alpha value is -0.650. The molecule has 17 heavy (non-hydrogen) atoms. The van der Waals surface area contributed by atoms with Crippen molar-refractivity contribution in [3.63, 3.8) is 0 Å². The van der Waals surface area contributed by atoms with Gasteiger partial charge in [-0.05, 0) is 19.9 Å². The van der Waals surface area contributed by atoms with E-state index in [0.29, 0.717) is 6.10 Å². The second kappa shape index (κ2) is 6.33. The molecule has 0 aliphatic carbocycles. The van der Waals surface area contributed by atoms with Gasteiger partial charge in [-0.25, -0.2) is 4.98 Å². The molecule has 1 saturated heterocycles. The van der Waals surface area contributed by atoms with Crippen LogP contribution in [0.3, 0.4) is 0 Å². The van der Waals surface area contributed by atoms with Gasteiger partial charge in [0.1, 0.15) is 0 Å². The quantitative estimate of drug-likeness (QED) is 0.891. The van der Waals surface area contributed by atoms with E-state index in [0.717, 1.165) is 50.0 Å². The molecule has 1 atom stereocenters. The predicted molar refractivity (Wildman–Crippen MR) is 71.7 cm³/mol. The van der Waals surface area contributed by atoms with E-state index in [4.69, 9.17) is 4.74 Å². The van der Waals surface area contributed by atoms with Crippen LogP contribution in [0.1, 0.15) is 26.0 Å². The maximum Gasteiger partial charge on any atom is 0.185 e. The standard InChI is InChI=1S/C12H21N3OS/c1-3-13-7-11-9-17-12(14-11)15-5-4-6-16-10(2)8-15/h9-10,13H,3-8H2,1-2H3. The Morgan fingerprint density at radius 3 is 3.35 bits per heavy atom. The lowest BCUT2D eigenvalue weighted by Crippen LogP contribution is -2.30. The highest BCUT2D eigenvalue weighted by Gasteiger charge is 2.17. The Morgan fingerprint density at radius 2 is 2.53 bits per heavy atom. The molecule has 1 aliphatic rings. The zero-order chi connectivity index (χ0) is 12.1. The van der Waals surface area contributed by atoms with Crippen LogP contribution < -0.4 is 10.2 Å². The second-order valence-electron chi connectivity index (χ2n) is 4.38. The number of rotatable bonds is 4. The van der Waals surface area contributed by atoms with E-state index in [-0.39, 0.29) is 0 Å². The van der Waals surface area contributed by atoms with Gasteiger partial charge in [-0.15, -0.1) is 11.3 Å². The average molecular weight is 255 g/mol. The minimum Gasteiger partial charge on any atom is -0.377 e. The third kappa shape index (κ3) is 3.66. The van der Waals surface area contributed by atoms with Crippen LogP contribution >= 0.6 is 11.3 Å². The fourth-order valence-electron chi connectivity index (χ4n) is 1.94. The van der Waals surface area contributed by atoms with Crippen molar-refractivity contribution in [1.82, 2.24) is 10.3 Å². The van der Waals surface area contributed by atoms with Gasteiger partial charge in [0.2, 0.25) is 0 Å². The van der Waals surface area contributed by atoms with E-state index in [2.05, 4.69) is 34.4 Å². The van der Waals surface area contributed by atoms with Crippen LogP contribution in [-0.4, -0.2) is 37.3 Å². The minimum absolute atomic E-state index is 0.304. The zero-order valence-corrected chi connectivity index (χ0v) is 11.4. The molecule has 1 unspecified atom stereocenters. The van der Waals surface area contributed by atoms with Gasteiger partial charge in [0.25, 0.3) is 0 Å². The van der Waals surface area contributed by atoms with Crippen LogP contribution in [0.4, 0.5) is 5.13 Å². The molecule has 1 fully saturated rings. The molecule has 1 aromatic heterocycles. The topological polar surface area (TPSA) is 37.4 Å². The largest absolute Gasteiger partial charge is 0.377 e. The molecule has 4 nitrogen and oxygen atoms in total. The summed E-state index contributed by atoms with van der Waals surface area (Å²) >= 11 is 1.74. The van der Waals surface area contributed by atoms with Crippen LogP contribution in [0.2, 0.25) is 0 Å². The number of hydrogen-bond donors (Lipinski definition) is 1. The summed E-state index contributed by atoms with van der Waals surface area (Å²) in [5.41, 5.74) is 1.14. The molecule has 2 rings (SSSR count). The summed E-state index contributed by atoms with van der Waals surface area (Å²) in [4.78, 5) is 7.02. The van der Waals surface area contributed by atoms with Crippen LogP contribution in [0, 0.1) is 0 Å². The Balaban J connectivity index is 1.97. The van der Waals surface area contributed by atoms with Crippen molar-refractivity contribution in [1.29, 1.82) is 0 Å². The molecule has 96 valence electrons. The molecule has 0 aromatic carbocycles. The van der Waals surface area contributed by atoms with E-state index < -0.39 is 0 Å². The number of ether oxygens (including phenoxy) is 1. The van der Waals surface area contributed by atoms with E-state index >= 15 is 0 Å². The highest BCUT2D eigenvalue weighted by atomic mass is 32.1.